The lowest BCUT2D eigenvalue weighted by Crippen LogP contribution is -2.05. The van der Waals surface area contributed by atoms with E-state index in [4.69, 9.17) is 4.74 Å². The molecular weight excluding hydrogens is 292 g/mol. The van der Waals surface area contributed by atoms with Crippen molar-refractivity contribution in [2.75, 3.05) is 0 Å². The maximum Gasteiger partial charge on any atom is 0.306 e. The maximum atomic E-state index is 11.8. The highest BCUT2D eigenvalue weighted by atomic mass is 32.1. The maximum absolute atomic E-state index is 11.8. The zero-order valence-corrected chi connectivity index (χ0v) is 14.0. The molecule has 2 aromatic rings. The zero-order valence-electron chi connectivity index (χ0n) is 13.2. The molecule has 2 rings (SSSR count). The monoisotopic (exact) mass is 316 g/mol. The quantitative estimate of drug-likeness (QED) is 0.598. The number of unbranched alkanes of at least 4 members (excludes halogenated alkanes) is 1. The summed E-state index contributed by atoms with van der Waals surface area (Å²) >= 11 is 1.77. The second-order valence-corrected chi connectivity index (χ2v) is 6.27. The number of hydrogen-bond acceptors (Lipinski definition) is 3. The normalized spacial score (nSPS) is 10.6. The fourth-order valence-corrected chi connectivity index (χ4v) is 3.32. The van der Waals surface area contributed by atoms with Crippen molar-refractivity contribution in [1.82, 2.24) is 0 Å². The zero-order chi connectivity index (χ0) is 15.6. The highest BCUT2D eigenvalue weighted by Gasteiger charge is 2.07. The molecule has 0 spiro atoms. The van der Waals surface area contributed by atoms with Gasteiger partial charge in [0.25, 0.3) is 0 Å². The van der Waals surface area contributed by atoms with Gasteiger partial charge in [-0.05, 0) is 53.1 Å². The van der Waals surface area contributed by atoms with E-state index in [-0.39, 0.29) is 5.97 Å². The topological polar surface area (TPSA) is 26.3 Å². The van der Waals surface area contributed by atoms with Crippen molar-refractivity contribution in [1.29, 1.82) is 0 Å². The predicted molar refractivity (Wildman–Crippen MR) is 92.1 cm³/mol. The highest BCUT2D eigenvalue weighted by Crippen LogP contribution is 2.20. The van der Waals surface area contributed by atoms with Crippen molar-refractivity contribution >= 4 is 17.3 Å². The number of rotatable bonds is 9. The number of esters is 1. The lowest BCUT2D eigenvalue weighted by atomic mass is 10.0. The summed E-state index contributed by atoms with van der Waals surface area (Å²) in [5, 5.41) is 4.47. The molecule has 1 aromatic carbocycles. The summed E-state index contributed by atoms with van der Waals surface area (Å²) in [6.07, 6.45) is 5.96. The van der Waals surface area contributed by atoms with Crippen molar-refractivity contribution in [2.45, 2.75) is 52.1 Å². The number of ether oxygens (including phenoxy) is 1. The average Bonchev–Trinajstić information content (AvgIpc) is 2.99. The standard InChI is InChI=1S/C19H24O2S/c1-2-3-10-17-14-22-15-18(17)11-7-12-19(20)21-13-16-8-5-4-6-9-16/h4-6,8-9,14-15H,2-3,7,10-13H2,1H3. The summed E-state index contributed by atoms with van der Waals surface area (Å²) in [5.74, 6) is -0.103. The van der Waals surface area contributed by atoms with Gasteiger partial charge in [-0.15, -0.1) is 0 Å². The van der Waals surface area contributed by atoms with Crippen LogP contribution in [0.4, 0.5) is 0 Å². The van der Waals surface area contributed by atoms with Crippen LogP contribution in [0.2, 0.25) is 0 Å². The van der Waals surface area contributed by atoms with Gasteiger partial charge in [0.1, 0.15) is 6.61 Å². The molecule has 0 amide bonds. The third-order valence-corrected chi connectivity index (χ3v) is 4.54. The fourth-order valence-electron chi connectivity index (χ4n) is 2.39. The predicted octanol–water partition coefficient (Wildman–Crippen LogP) is 5.16. The van der Waals surface area contributed by atoms with Gasteiger partial charge < -0.3 is 4.74 Å². The van der Waals surface area contributed by atoms with Gasteiger partial charge in [-0.25, -0.2) is 0 Å². The molecule has 0 saturated carbocycles. The van der Waals surface area contributed by atoms with Crippen molar-refractivity contribution in [3.8, 4) is 0 Å². The molecule has 22 heavy (non-hydrogen) atoms. The summed E-state index contributed by atoms with van der Waals surface area (Å²) in [4.78, 5) is 11.8. The van der Waals surface area contributed by atoms with Gasteiger partial charge in [0.05, 0.1) is 0 Å². The number of hydrogen-bond donors (Lipinski definition) is 0. The molecule has 0 unspecified atom stereocenters. The first-order valence-corrected chi connectivity index (χ1v) is 8.97. The largest absolute Gasteiger partial charge is 0.461 e. The Hall–Kier alpha value is -1.61. The van der Waals surface area contributed by atoms with Gasteiger partial charge in [0.15, 0.2) is 0 Å². The Balaban J connectivity index is 1.67. The van der Waals surface area contributed by atoms with Crippen LogP contribution in [0.25, 0.3) is 0 Å². The lowest BCUT2D eigenvalue weighted by Gasteiger charge is -2.06. The van der Waals surface area contributed by atoms with Crippen LogP contribution in [0.3, 0.4) is 0 Å². The summed E-state index contributed by atoms with van der Waals surface area (Å²) in [7, 11) is 0. The Kier molecular flexibility index (Phi) is 7.17. The SMILES string of the molecule is CCCCc1cscc1CCCC(=O)OCc1ccccc1. The van der Waals surface area contributed by atoms with Crippen LogP contribution < -0.4 is 0 Å². The smallest absolute Gasteiger partial charge is 0.306 e. The summed E-state index contributed by atoms with van der Waals surface area (Å²) < 4.78 is 5.31. The number of thiophene rings is 1. The van der Waals surface area contributed by atoms with Crippen molar-refractivity contribution < 1.29 is 9.53 Å². The van der Waals surface area contributed by atoms with Crippen LogP contribution in [-0.2, 0) is 29.0 Å². The minimum Gasteiger partial charge on any atom is -0.461 e. The molecule has 0 radical (unpaired) electrons. The van der Waals surface area contributed by atoms with E-state index >= 15 is 0 Å². The molecule has 3 heteroatoms. The van der Waals surface area contributed by atoms with E-state index in [0.717, 1.165) is 24.8 Å². The Labute approximate surface area is 137 Å². The first-order chi connectivity index (χ1) is 10.8. The molecular formula is C19H24O2S. The minimum absolute atomic E-state index is 0.103. The van der Waals surface area contributed by atoms with Crippen LogP contribution >= 0.6 is 11.3 Å². The second kappa shape index (κ2) is 9.42. The summed E-state index contributed by atoms with van der Waals surface area (Å²) in [6.45, 7) is 2.59. The van der Waals surface area contributed by atoms with Gasteiger partial charge in [-0.2, -0.15) is 11.3 Å². The van der Waals surface area contributed by atoms with E-state index in [0.29, 0.717) is 13.0 Å². The van der Waals surface area contributed by atoms with Crippen molar-refractivity contribution in [3.05, 3.63) is 57.8 Å². The molecule has 0 aliphatic rings. The third kappa shape index (κ3) is 5.64. The Morgan fingerprint density at radius 3 is 2.41 bits per heavy atom. The van der Waals surface area contributed by atoms with E-state index in [1.54, 1.807) is 11.3 Å². The molecule has 1 heterocycles. The van der Waals surface area contributed by atoms with Gasteiger partial charge >= 0.3 is 5.97 Å². The summed E-state index contributed by atoms with van der Waals surface area (Å²) in [5.41, 5.74) is 3.91. The number of benzene rings is 1. The average molecular weight is 316 g/mol. The third-order valence-electron chi connectivity index (χ3n) is 3.70. The van der Waals surface area contributed by atoms with Crippen LogP contribution in [0.5, 0.6) is 0 Å². The van der Waals surface area contributed by atoms with Crippen molar-refractivity contribution in [3.63, 3.8) is 0 Å². The van der Waals surface area contributed by atoms with E-state index in [2.05, 4.69) is 17.7 Å². The molecule has 0 aliphatic heterocycles. The molecule has 118 valence electrons. The molecule has 0 atom stereocenters. The molecule has 0 bridgehead atoms. The second-order valence-electron chi connectivity index (χ2n) is 5.53. The summed E-state index contributed by atoms with van der Waals surface area (Å²) in [6, 6.07) is 9.81. The van der Waals surface area contributed by atoms with Crippen LogP contribution in [0, 0.1) is 0 Å². The molecule has 1 aromatic heterocycles. The Morgan fingerprint density at radius 2 is 1.73 bits per heavy atom. The molecule has 0 aliphatic carbocycles. The molecule has 0 fully saturated rings. The molecule has 0 N–H and O–H groups in total. The Bertz CT molecular complexity index is 560. The van der Waals surface area contributed by atoms with E-state index in [9.17, 15) is 4.79 Å². The Morgan fingerprint density at radius 1 is 1.05 bits per heavy atom. The van der Waals surface area contributed by atoms with Gasteiger partial charge in [-0.1, -0.05) is 43.7 Å². The number of carbonyl (C=O) groups excluding carboxylic acids is 1. The van der Waals surface area contributed by atoms with Gasteiger partial charge in [-0.3, -0.25) is 4.79 Å². The van der Waals surface area contributed by atoms with Crippen LogP contribution in [0.1, 0.15) is 49.3 Å². The first-order valence-electron chi connectivity index (χ1n) is 8.03. The number of carbonyl (C=O) groups is 1. The van der Waals surface area contributed by atoms with E-state index in [1.165, 1.54) is 24.0 Å². The molecule has 2 nitrogen and oxygen atoms in total. The fraction of sp³-hybridized carbons (Fsp3) is 0.421. The first kappa shape index (κ1) is 16.8. The number of aryl methyl sites for hydroxylation is 2. The van der Waals surface area contributed by atoms with Crippen molar-refractivity contribution in [2.24, 2.45) is 0 Å². The molecule has 0 saturated heterocycles. The highest BCUT2D eigenvalue weighted by molar-refractivity contribution is 7.08. The van der Waals surface area contributed by atoms with Crippen LogP contribution in [0.15, 0.2) is 41.1 Å². The van der Waals surface area contributed by atoms with Gasteiger partial charge in [0.2, 0.25) is 0 Å². The van der Waals surface area contributed by atoms with E-state index in [1.807, 2.05) is 30.3 Å². The lowest BCUT2D eigenvalue weighted by molar-refractivity contribution is -0.145. The van der Waals surface area contributed by atoms with Gasteiger partial charge in [0, 0.05) is 6.42 Å². The minimum atomic E-state index is -0.103. The van der Waals surface area contributed by atoms with Crippen LogP contribution in [-0.4, -0.2) is 5.97 Å². The van der Waals surface area contributed by atoms with E-state index < -0.39 is 0 Å².